The van der Waals surface area contributed by atoms with Crippen molar-refractivity contribution in [2.24, 2.45) is 0 Å². The number of hydrogen-bond donors (Lipinski definition) is 1. The molecule has 0 bridgehead atoms. The lowest BCUT2D eigenvalue weighted by Gasteiger charge is -2.07. The molecule has 1 aliphatic rings. The van der Waals surface area contributed by atoms with Gasteiger partial charge in [-0.1, -0.05) is 29.8 Å². The van der Waals surface area contributed by atoms with Gasteiger partial charge in [-0.2, -0.15) is 0 Å². The van der Waals surface area contributed by atoms with Crippen LogP contribution in [0.2, 0.25) is 5.02 Å². The Kier molecular flexibility index (Phi) is 3.93. The fourth-order valence-electron chi connectivity index (χ4n) is 2.70. The Morgan fingerprint density at radius 2 is 1.95 bits per heavy atom. The largest absolute Gasteiger partial charge is 0.326 e. The van der Waals surface area contributed by atoms with E-state index in [4.69, 9.17) is 11.6 Å². The van der Waals surface area contributed by atoms with Crippen LogP contribution in [-0.2, 0) is 24.1 Å². The van der Waals surface area contributed by atoms with E-state index in [-0.39, 0.29) is 10.9 Å². The number of nitrogens with one attached hydrogen (secondary N) is 1. The Morgan fingerprint density at radius 1 is 1.14 bits per heavy atom. The van der Waals surface area contributed by atoms with Crippen LogP contribution in [0.15, 0.2) is 36.4 Å². The predicted molar refractivity (Wildman–Crippen MR) is 82.2 cm³/mol. The number of benzene rings is 2. The Labute approximate surface area is 127 Å². The molecule has 2 aromatic rings. The van der Waals surface area contributed by atoms with Crippen molar-refractivity contribution in [2.45, 2.75) is 25.7 Å². The van der Waals surface area contributed by atoms with E-state index in [0.29, 0.717) is 12.1 Å². The molecule has 0 aliphatic heterocycles. The number of carbonyl (C=O) groups excluding carboxylic acids is 1. The second-order valence-electron chi connectivity index (χ2n) is 5.31. The third kappa shape index (κ3) is 3.24. The fourth-order valence-corrected chi connectivity index (χ4v) is 2.88. The van der Waals surface area contributed by atoms with E-state index in [1.165, 1.54) is 35.7 Å². The molecule has 0 atom stereocenters. The molecule has 2 aromatic carbocycles. The molecule has 108 valence electrons. The minimum atomic E-state index is -0.492. The predicted octanol–water partition coefficient (Wildman–Crippen LogP) is 4.15. The Balaban J connectivity index is 1.67. The smallest absolute Gasteiger partial charge is 0.228 e. The summed E-state index contributed by atoms with van der Waals surface area (Å²) in [4.78, 5) is 12.0. The molecule has 1 amide bonds. The van der Waals surface area contributed by atoms with E-state index in [9.17, 15) is 9.18 Å². The molecule has 21 heavy (non-hydrogen) atoms. The molecule has 2 nitrogen and oxygen atoms in total. The fraction of sp³-hybridized carbons (Fsp3) is 0.235. The van der Waals surface area contributed by atoms with Gasteiger partial charge in [0, 0.05) is 5.69 Å². The SMILES string of the molecule is O=C(Cc1ccc2c(c1)CCC2)Nc1ccc(F)c(Cl)c1. The van der Waals surface area contributed by atoms with Gasteiger partial charge in [0.15, 0.2) is 0 Å². The zero-order valence-electron chi connectivity index (χ0n) is 11.5. The number of fused-ring (bicyclic) bond motifs is 1. The summed E-state index contributed by atoms with van der Waals surface area (Å²) in [6.07, 6.45) is 3.73. The zero-order chi connectivity index (χ0) is 14.8. The van der Waals surface area contributed by atoms with Crippen LogP contribution in [0.4, 0.5) is 10.1 Å². The highest BCUT2D eigenvalue weighted by atomic mass is 35.5. The molecule has 0 radical (unpaired) electrons. The van der Waals surface area contributed by atoms with Crippen LogP contribution in [0.5, 0.6) is 0 Å². The van der Waals surface area contributed by atoms with Crippen molar-refractivity contribution in [3.05, 3.63) is 63.9 Å². The Bertz CT molecular complexity index is 699. The molecule has 0 heterocycles. The van der Waals surface area contributed by atoms with Crippen molar-refractivity contribution in [3.63, 3.8) is 0 Å². The first-order chi connectivity index (χ1) is 10.1. The van der Waals surface area contributed by atoms with Crippen molar-refractivity contribution in [1.29, 1.82) is 0 Å². The Hall–Kier alpha value is -1.87. The van der Waals surface area contributed by atoms with Crippen LogP contribution < -0.4 is 5.32 Å². The van der Waals surface area contributed by atoms with Gasteiger partial charge >= 0.3 is 0 Å². The topological polar surface area (TPSA) is 29.1 Å². The summed E-state index contributed by atoms with van der Waals surface area (Å²) in [6, 6.07) is 10.4. The molecule has 0 fully saturated rings. The van der Waals surface area contributed by atoms with Crippen molar-refractivity contribution >= 4 is 23.2 Å². The van der Waals surface area contributed by atoms with Crippen LogP contribution in [0.1, 0.15) is 23.1 Å². The highest BCUT2D eigenvalue weighted by molar-refractivity contribution is 6.31. The summed E-state index contributed by atoms with van der Waals surface area (Å²) in [6.45, 7) is 0. The summed E-state index contributed by atoms with van der Waals surface area (Å²) in [5.74, 6) is -0.621. The van der Waals surface area contributed by atoms with Gasteiger partial charge in [0.2, 0.25) is 5.91 Å². The average molecular weight is 304 g/mol. The van der Waals surface area contributed by atoms with E-state index in [1.807, 2.05) is 6.07 Å². The monoisotopic (exact) mass is 303 g/mol. The van der Waals surface area contributed by atoms with Gasteiger partial charge < -0.3 is 5.32 Å². The van der Waals surface area contributed by atoms with Crippen molar-refractivity contribution < 1.29 is 9.18 Å². The first-order valence-corrected chi connectivity index (χ1v) is 7.35. The second-order valence-corrected chi connectivity index (χ2v) is 5.72. The number of halogens is 2. The minimum Gasteiger partial charge on any atom is -0.326 e. The van der Waals surface area contributed by atoms with E-state index >= 15 is 0 Å². The molecular weight excluding hydrogens is 289 g/mol. The standard InChI is InChI=1S/C17H15ClFNO/c18-15-10-14(6-7-16(15)19)20-17(21)9-11-4-5-12-2-1-3-13(12)8-11/h4-8,10H,1-3,9H2,(H,20,21). The highest BCUT2D eigenvalue weighted by Gasteiger charge is 2.12. The Morgan fingerprint density at radius 3 is 2.76 bits per heavy atom. The average Bonchev–Trinajstić information content (AvgIpc) is 2.90. The summed E-state index contributed by atoms with van der Waals surface area (Å²) in [5, 5.41) is 2.74. The molecule has 1 N–H and O–H groups in total. The van der Waals surface area contributed by atoms with Crippen molar-refractivity contribution in [2.75, 3.05) is 5.32 Å². The van der Waals surface area contributed by atoms with Crippen LogP contribution in [-0.4, -0.2) is 5.91 Å². The van der Waals surface area contributed by atoms with E-state index in [1.54, 1.807) is 0 Å². The molecule has 0 saturated carbocycles. The third-order valence-electron chi connectivity index (χ3n) is 3.73. The summed E-state index contributed by atoms with van der Waals surface area (Å²) in [7, 11) is 0. The quantitative estimate of drug-likeness (QED) is 0.907. The summed E-state index contributed by atoms with van der Waals surface area (Å²) in [5.41, 5.74) is 4.25. The van der Waals surface area contributed by atoms with E-state index in [2.05, 4.69) is 17.4 Å². The van der Waals surface area contributed by atoms with Gasteiger partial charge in [-0.05, 0) is 54.2 Å². The number of rotatable bonds is 3. The molecule has 1 aliphatic carbocycles. The summed E-state index contributed by atoms with van der Waals surface area (Å²) >= 11 is 5.70. The first kappa shape index (κ1) is 14.1. The maximum atomic E-state index is 13.1. The van der Waals surface area contributed by atoms with Crippen LogP contribution >= 0.6 is 11.6 Å². The van der Waals surface area contributed by atoms with Crippen LogP contribution in [0, 0.1) is 5.82 Å². The summed E-state index contributed by atoms with van der Waals surface area (Å²) < 4.78 is 13.1. The minimum absolute atomic E-state index is 0.00494. The van der Waals surface area contributed by atoms with Crippen LogP contribution in [0.25, 0.3) is 0 Å². The van der Waals surface area contributed by atoms with Crippen LogP contribution in [0.3, 0.4) is 0 Å². The second kappa shape index (κ2) is 5.86. The van der Waals surface area contributed by atoms with Gasteiger partial charge in [0.25, 0.3) is 0 Å². The molecule has 4 heteroatoms. The lowest BCUT2D eigenvalue weighted by atomic mass is 10.0. The lowest BCUT2D eigenvalue weighted by Crippen LogP contribution is -2.14. The van der Waals surface area contributed by atoms with E-state index < -0.39 is 5.82 Å². The first-order valence-electron chi connectivity index (χ1n) is 6.97. The molecule has 0 spiro atoms. The number of anilines is 1. The van der Waals surface area contributed by atoms with Gasteiger partial charge in [-0.3, -0.25) is 4.79 Å². The molecule has 0 unspecified atom stereocenters. The maximum absolute atomic E-state index is 13.1. The highest BCUT2D eigenvalue weighted by Crippen LogP contribution is 2.23. The lowest BCUT2D eigenvalue weighted by molar-refractivity contribution is -0.115. The maximum Gasteiger partial charge on any atom is 0.228 e. The van der Waals surface area contributed by atoms with Gasteiger partial charge in [-0.15, -0.1) is 0 Å². The van der Waals surface area contributed by atoms with Crippen molar-refractivity contribution in [3.8, 4) is 0 Å². The molecule has 3 rings (SSSR count). The zero-order valence-corrected chi connectivity index (χ0v) is 12.2. The number of aryl methyl sites for hydroxylation is 2. The third-order valence-corrected chi connectivity index (χ3v) is 4.02. The molecule has 0 saturated heterocycles. The van der Waals surface area contributed by atoms with Gasteiger partial charge in [0.1, 0.15) is 5.82 Å². The number of amides is 1. The number of hydrogen-bond acceptors (Lipinski definition) is 1. The molecule has 0 aromatic heterocycles. The van der Waals surface area contributed by atoms with Crippen molar-refractivity contribution in [1.82, 2.24) is 0 Å². The van der Waals surface area contributed by atoms with Gasteiger partial charge in [-0.25, -0.2) is 4.39 Å². The number of carbonyl (C=O) groups is 1. The van der Waals surface area contributed by atoms with E-state index in [0.717, 1.165) is 18.4 Å². The molecular formula is C17H15ClFNO. The van der Waals surface area contributed by atoms with Gasteiger partial charge in [0.05, 0.1) is 11.4 Å². The normalized spacial score (nSPS) is 13.0.